The van der Waals surface area contributed by atoms with Gasteiger partial charge in [-0.1, -0.05) is 166 Å². The van der Waals surface area contributed by atoms with Crippen molar-refractivity contribution in [2.45, 2.75) is 19.3 Å². The zero-order chi connectivity index (χ0) is 37.8. The molecule has 0 fully saturated rings. The van der Waals surface area contributed by atoms with Gasteiger partial charge in [-0.25, -0.2) is 0 Å². The number of fused-ring (bicyclic) bond motifs is 11. The molecular formula is C55H37NO. The molecule has 1 aliphatic rings. The second-order valence-electron chi connectivity index (χ2n) is 16.0. The Morgan fingerprint density at radius 1 is 0.368 bits per heavy atom. The summed E-state index contributed by atoms with van der Waals surface area (Å²) >= 11 is 0. The number of furan rings is 1. The maximum Gasteiger partial charge on any atom is 0.159 e. The first-order valence-corrected chi connectivity index (χ1v) is 19.8. The van der Waals surface area contributed by atoms with E-state index in [0.29, 0.717) is 0 Å². The van der Waals surface area contributed by atoms with Crippen LogP contribution < -0.4 is 4.90 Å². The average molecular weight is 728 g/mol. The second kappa shape index (κ2) is 11.9. The van der Waals surface area contributed by atoms with E-state index in [2.05, 4.69) is 207 Å². The Labute approximate surface area is 330 Å². The van der Waals surface area contributed by atoms with Gasteiger partial charge in [0.2, 0.25) is 0 Å². The van der Waals surface area contributed by atoms with Crippen LogP contribution in [-0.4, -0.2) is 0 Å². The predicted octanol–water partition coefficient (Wildman–Crippen LogP) is 15.6. The zero-order valence-corrected chi connectivity index (χ0v) is 31.8. The van der Waals surface area contributed by atoms with Crippen molar-refractivity contribution in [1.82, 2.24) is 0 Å². The number of rotatable bonds is 4. The first-order chi connectivity index (χ1) is 28.0. The van der Waals surface area contributed by atoms with E-state index in [0.717, 1.165) is 44.6 Å². The molecule has 12 rings (SSSR count). The number of hydrogen-bond acceptors (Lipinski definition) is 2. The molecule has 0 saturated heterocycles. The normalized spacial score (nSPS) is 13.2. The molecule has 10 aromatic carbocycles. The molecule has 2 heteroatoms. The van der Waals surface area contributed by atoms with Gasteiger partial charge in [-0.2, -0.15) is 0 Å². The molecular weight excluding hydrogens is 691 g/mol. The van der Waals surface area contributed by atoms with Crippen LogP contribution in [0.5, 0.6) is 0 Å². The van der Waals surface area contributed by atoms with Gasteiger partial charge in [0.25, 0.3) is 0 Å². The maximum atomic E-state index is 7.42. The van der Waals surface area contributed by atoms with E-state index in [-0.39, 0.29) is 5.41 Å². The lowest BCUT2D eigenvalue weighted by Crippen LogP contribution is -2.16. The predicted molar refractivity (Wildman–Crippen MR) is 241 cm³/mol. The monoisotopic (exact) mass is 727 g/mol. The highest BCUT2D eigenvalue weighted by Gasteiger charge is 2.36. The van der Waals surface area contributed by atoms with Crippen LogP contribution in [0.15, 0.2) is 192 Å². The number of benzene rings is 10. The van der Waals surface area contributed by atoms with Crippen LogP contribution in [0.25, 0.3) is 87.3 Å². The topological polar surface area (TPSA) is 16.4 Å². The minimum Gasteiger partial charge on any atom is -0.453 e. The molecule has 0 amide bonds. The minimum absolute atomic E-state index is 0.143. The first kappa shape index (κ1) is 32.1. The standard InChI is InChI=1S/C55H37NO/c1-55(2)48-26-12-11-24-43(48)44-30-29-37(33-49(44)55)56(50-27-13-18-34-15-3-7-20-39(34)50)51-28-14-25-45-47-32-36-17-5-8-21-40(36)52(54(47)57-53(45)51)46-31-35-16-4-6-19-38(35)41-22-9-10-23-42(41)46/h3-33H,1-2H3. The Morgan fingerprint density at radius 2 is 0.965 bits per heavy atom. The van der Waals surface area contributed by atoms with Crippen molar-refractivity contribution < 1.29 is 4.42 Å². The van der Waals surface area contributed by atoms with E-state index >= 15 is 0 Å². The zero-order valence-electron chi connectivity index (χ0n) is 31.8. The lowest BCUT2D eigenvalue weighted by molar-refractivity contribution is 0.660. The number of nitrogens with zero attached hydrogens (tertiary/aromatic N) is 1. The summed E-state index contributed by atoms with van der Waals surface area (Å²) in [7, 11) is 0. The van der Waals surface area contributed by atoms with E-state index in [1.54, 1.807) is 0 Å². The van der Waals surface area contributed by atoms with Gasteiger partial charge in [0, 0.05) is 32.8 Å². The Morgan fingerprint density at radius 3 is 1.81 bits per heavy atom. The summed E-state index contributed by atoms with van der Waals surface area (Å²) in [5.74, 6) is 0. The molecule has 1 heterocycles. The van der Waals surface area contributed by atoms with E-state index in [4.69, 9.17) is 4.42 Å². The number of hydrogen-bond donors (Lipinski definition) is 0. The molecule has 1 aromatic heterocycles. The molecule has 0 radical (unpaired) electrons. The van der Waals surface area contributed by atoms with Crippen LogP contribution in [0.2, 0.25) is 0 Å². The van der Waals surface area contributed by atoms with Crippen LogP contribution >= 0.6 is 0 Å². The fraction of sp³-hybridized carbons (Fsp3) is 0.0545. The Kier molecular flexibility index (Phi) is 6.72. The van der Waals surface area contributed by atoms with Crippen LogP contribution in [0, 0.1) is 0 Å². The van der Waals surface area contributed by atoms with Crippen molar-refractivity contribution in [2.75, 3.05) is 4.90 Å². The molecule has 0 N–H and O–H groups in total. The molecule has 2 nitrogen and oxygen atoms in total. The third kappa shape index (κ3) is 4.59. The quantitative estimate of drug-likeness (QED) is 0.168. The number of anilines is 3. The van der Waals surface area contributed by atoms with Crippen molar-refractivity contribution in [3.05, 3.63) is 199 Å². The second-order valence-corrected chi connectivity index (χ2v) is 16.0. The molecule has 11 aromatic rings. The lowest BCUT2D eigenvalue weighted by Gasteiger charge is -2.29. The Bertz CT molecular complexity index is 3450. The van der Waals surface area contributed by atoms with Gasteiger partial charge in [-0.15, -0.1) is 0 Å². The smallest absolute Gasteiger partial charge is 0.159 e. The average Bonchev–Trinajstić information content (AvgIpc) is 3.74. The van der Waals surface area contributed by atoms with Gasteiger partial charge >= 0.3 is 0 Å². The minimum atomic E-state index is -0.143. The fourth-order valence-electron chi connectivity index (χ4n) is 9.93. The van der Waals surface area contributed by atoms with Gasteiger partial charge < -0.3 is 9.32 Å². The SMILES string of the molecule is CC1(C)c2ccccc2-c2ccc(N(c3cccc4ccccc34)c3cccc4c3oc3c(-c5cc6ccccc6c6ccccc56)c5ccccc5cc34)cc21. The van der Waals surface area contributed by atoms with Crippen molar-refractivity contribution in [1.29, 1.82) is 0 Å². The summed E-state index contributed by atoms with van der Waals surface area (Å²) in [5.41, 5.74) is 12.5. The van der Waals surface area contributed by atoms with Crippen LogP contribution in [0.1, 0.15) is 25.0 Å². The first-order valence-electron chi connectivity index (χ1n) is 19.8. The van der Waals surface area contributed by atoms with E-state index in [1.807, 2.05) is 0 Å². The summed E-state index contributed by atoms with van der Waals surface area (Å²) in [5, 5.41) is 11.9. The largest absolute Gasteiger partial charge is 0.453 e. The van der Waals surface area contributed by atoms with Gasteiger partial charge in [0.05, 0.1) is 11.4 Å². The molecule has 1 aliphatic carbocycles. The fourth-order valence-corrected chi connectivity index (χ4v) is 9.93. The highest BCUT2D eigenvalue weighted by atomic mass is 16.3. The summed E-state index contributed by atoms with van der Waals surface area (Å²) in [4.78, 5) is 2.43. The molecule has 268 valence electrons. The molecule has 0 saturated carbocycles. The summed E-state index contributed by atoms with van der Waals surface area (Å²) in [6.07, 6.45) is 0. The summed E-state index contributed by atoms with van der Waals surface area (Å²) < 4.78 is 7.42. The van der Waals surface area contributed by atoms with Crippen molar-refractivity contribution in [3.63, 3.8) is 0 Å². The maximum absolute atomic E-state index is 7.42. The van der Waals surface area contributed by atoms with Gasteiger partial charge in [0.1, 0.15) is 5.58 Å². The van der Waals surface area contributed by atoms with Crippen LogP contribution in [0.3, 0.4) is 0 Å². The molecule has 0 aliphatic heterocycles. The molecule has 0 unspecified atom stereocenters. The van der Waals surface area contributed by atoms with E-state index in [1.165, 1.54) is 70.9 Å². The Balaban J connectivity index is 1.18. The van der Waals surface area contributed by atoms with E-state index < -0.39 is 0 Å². The molecule has 0 bridgehead atoms. The summed E-state index contributed by atoms with van der Waals surface area (Å²) in [6, 6.07) is 68.8. The van der Waals surface area contributed by atoms with Gasteiger partial charge in [-0.3, -0.25) is 0 Å². The molecule has 0 spiro atoms. The highest BCUT2D eigenvalue weighted by molar-refractivity contribution is 6.24. The van der Waals surface area contributed by atoms with Crippen LogP contribution in [0.4, 0.5) is 17.1 Å². The highest BCUT2D eigenvalue weighted by Crippen LogP contribution is 2.53. The molecule has 57 heavy (non-hydrogen) atoms. The lowest BCUT2D eigenvalue weighted by atomic mass is 9.82. The third-order valence-corrected chi connectivity index (χ3v) is 12.6. The van der Waals surface area contributed by atoms with E-state index in [9.17, 15) is 0 Å². The summed E-state index contributed by atoms with van der Waals surface area (Å²) in [6.45, 7) is 4.71. The van der Waals surface area contributed by atoms with Gasteiger partial charge in [-0.05, 0) is 102 Å². The Hall–Kier alpha value is -7.16. The van der Waals surface area contributed by atoms with Crippen molar-refractivity contribution >= 4 is 82.1 Å². The number of para-hydroxylation sites is 1. The van der Waals surface area contributed by atoms with Gasteiger partial charge in [0.15, 0.2) is 5.58 Å². The van der Waals surface area contributed by atoms with Crippen molar-refractivity contribution in [2.24, 2.45) is 0 Å². The van der Waals surface area contributed by atoms with Crippen molar-refractivity contribution in [3.8, 4) is 22.3 Å². The third-order valence-electron chi connectivity index (χ3n) is 12.6. The van der Waals surface area contributed by atoms with Crippen LogP contribution in [-0.2, 0) is 5.41 Å². The molecule has 0 atom stereocenters.